The average molecular weight is 364 g/mol. The molecule has 0 atom stereocenters. The fourth-order valence-corrected chi connectivity index (χ4v) is 4.08. The zero-order chi connectivity index (χ0) is 18.8. The zero-order valence-corrected chi connectivity index (χ0v) is 16.3. The number of hydrogen-bond acceptors (Lipinski definition) is 4. The lowest BCUT2D eigenvalue weighted by atomic mass is 10.1. The van der Waals surface area contributed by atoms with Crippen LogP contribution in [0.4, 0.5) is 11.5 Å². The van der Waals surface area contributed by atoms with Crippen LogP contribution in [0, 0.1) is 13.8 Å². The highest BCUT2D eigenvalue weighted by molar-refractivity contribution is 5.95. The molecule has 5 nitrogen and oxygen atoms in total. The molecule has 0 N–H and O–H groups in total. The summed E-state index contributed by atoms with van der Waals surface area (Å²) < 4.78 is 0. The Morgan fingerprint density at radius 3 is 2.41 bits per heavy atom. The minimum atomic E-state index is 0.124. The van der Waals surface area contributed by atoms with Gasteiger partial charge < -0.3 is 14.7 Å². The van der Waals surface area contributed by atoms with E-state index in [2.05, 4.69) is 46.8 Å². The average Bonchev–Trinajstić information content (AvgIpc) is 3.25. The molecular formula is C22H28N4O. The van der Waals surface area contributed by atoms with Crippen LogP contribution in [-0.2, 0) is 0 Å². The minimum Gasteiger partial charge on any atom is -0.368 e. The first kappa shape index (κ1) is 17.8. The van der Waals surface area contributed by atoms with E-state index in [9.17, 15) is 4.79 Å². The highest BCUT2D eigenvalue weighted by Gasteiger charge is 2.24. The molecule has 0 radical (unpaired) electrons. The zero-order valence-electron chi connectivity index (χ0n) is 16.3. The predicted octanol–water partition coefficient (Wildman–Crippen LogP) is 3.26. The maximum atomic E-state index is 13.0. The molecule has 2 aliphatic heterocycles. The number of amides is 1. The van der Waals surface area contributed by atoms with Crippen molar-refractivity contribution in [3.8, 4) is 0 Å². The third-order valence-corrected chi connectivity index (χ3v) is 5.91. The van der Waals surface area contributed by atoms with Crippen LogP contribution in [0.15, 0.2) is 36.5 Å². The van der Waals surface area contributed by atoms with Crippen LogP contribution in [-0.4, -0.2) is 55.1 Å². The molecule has 2 aliphatic rings. The van der Waals surface area contributed by atoms with E-state index in [0.29, 0.717) is 0 Å². The number of nitrogens with zero attached hydrogens (tertiary/aromatic N) is 4. The molecule has 0 aliphatic carbocycles. The first-order valence-electron chi connectivity index (χ1n) is 9.95. The van der Waals surface area contributed by atoms with Crippen LogP contribution in [0.5, 0.6) is 0 Å². The number of rotatable bonds is 3. The molecule has 5 heteroatoms. The Balaban J connectivity index is 1.43. The largest absolute Gasteiger partial charge is 0.368 e. The Labute approximate surface area is 161 Å². The number of piperazine rings is 1. The molecule has 2 aromatic rings. The monoisotopic (exact) mass is 364 g/mol. The predicted molar refractivity (Wildman–Crippen MR) is 110 cm³/mol. The van der Waals surface area contributed by atoms with Crippen molar-refractivity contribution >= 4 is 17.4 Å². The summed E-state index contributed by atoms with van der Waals surface area (Å²) in [5, 5.41) is 0. The molecular weight excluding hydrogens is 336 g/mol. The number of anilines is 2. The van der Waals surface area contributed by atoms with E-state index in [4.69, 9.17) is 0 Å². The maximum Gasteiger partial charge on any atom is 0.254 e. The van der Waals surface area contributed by atoms with Gasteiger partial charge in [-0.25, -0.2) is 4.98 Å². The van der Waals surface area contributed by atoms with Crippen LogP contribution in [0.25, 0.3) is 0 Å². The van der Waals surface area contributed by atoms with Crippen LogP contribution in [0.3, 0.4) is 0 Å². The second-order valence-electron chi connectivity index (χ2n) is 7.60. The van der Waals surface area contributed by atoms with Crippen molar-refractivity contribution in [3.05, 3.63) is 53.2 Å². The van der Waals surface area contributed by atoms with Gasteiger partial charge in [-0.1, -0.05) is 12.1 Å². The summed E-state index contributed by atoms with van der Waals surface area (Å²) in [6, 6.07) is 10.3. The van der Waals surface area contributed by atoms with Crippen molar-refractivity contribution in [1.82, 2.24) is 9.88 Å². The van der Waals surface area contributed by atoms with Gasteiger partial charge in [0.25, 0.3) is 5.91 Å². The Hall–Kier alpha value is -2.56. The van der Waals surface area contributed by atoms with Gasteiger partial charge in [0.05, 0.1) is 0 Å². The van der Waals surface area contributed by atoms with Crippen molar-refractivity contribution in [1.29, 1.82) is 0 Å². The Morgan fingerprint density at radius 1 is 0.926 bits per heavy atom. The number of aromatic nitrogens is 1. The molecule has 2 saturated heterocycles. The quantitative estimate of drug-likeness (QED) is 0.838. The molecule has 0 bridgehead atoms. The third-order valence-electron chi connectivity index (χ3n) is 5.91. The molecule has 2 fully saturated rings. The summed E-state index contributed by atoms with van der Waals surface area (Å²) in [6.45, 7) is 9.68. The molecule has 4 rings (SSSR count). The number of carbonyl (C=O) groups is 1. The standard InChI is InChI=1S/C22H28N4O/c1-17-6-5-7-20(18(17)2)24-12-14-26(15-13-24)22(27)19-8-9-23-21(16-19)25-10-3-4-11-25/h5-9,16H,3-4,10-15H2,1-2H3. The number of aryl methyl sites for hydroxylation is 1. The Morgan fingerprint density at radius 2 is 1.67 bits per heavy atom. The molecule has 1 amide bonds. The molecule has 0 unspecified atom stereocenters. The van der Waals surface area contributed by atoms with Crippen molar-refractivity contribution in [2.45, 2.75) is 26.7 Å². The van der Waals surface area contributed by atoms with Gasteiger partial charge in [-0.3, -0.25) is 4.79 Å². The van der Waals surface area contributed by atoms with Crippen LogP contribution in [0.2, 0.25) is 0 Å². The van der Waals surface area contributed by atoms with Gasteiger partial charge in [-0.2, -0.15) is 0 Å². The first-order chi connectivity index (χ1) is 13.1. The summed E-state index contributed by atoms with van der Waals surface area (Å²) in [5.74, 6) is 1.06. The van der Waals surface area contributed by atoms with E-state index in [1.807, 2.05) is 17.0 Å². The van der Waals surface area contributed by atoms with Gasteiger partial charge in [0.15, 0.2) is 0 Å². The Bertz CT molecular complexity index is 821. The number of carbonyl (C=O) groups excluding carboxylic acids is 1. The lowest BCUT2D eigenvalue weighted by Gasteiger charge is -2.37. The molecule has 0 saturated carbocycles. The Kier molecular flexibility index (Phi) is 5.01. The van der Waals surface area contributed by atoms with Gasteiger partial charge >= 0.3 is 0 Å². The van der Waals surface area contributed by atoms with Crippen LogP contribution in [0.1, 0.15) is 34.3 Å². The van der Waals surface area contributed by atoms with Crippen LogP contribution < -0.4 is 9.80 Å². The van der Waals surface area contributed by atoms with E-state index >= 15 is 0 Å². The van der Waals surface area contributed by atoms with Crippen molar-refractivity contribution < 1.29 is 4.79 Å². The smallest absolute Gasteiger partial charge is 0.254 e. The van der Waals surface area contributed by atoms with Crippen LogP contribution >= 0.6 is 0 Å². The van der Waals surface area contributed by atoms with Gasteiger partial charge in [0, 0.05) is 56.7 Å². The normalized spacial score (nSPS) is 17.5. The lowest BCUT2D eigenvalue weighted by molar-refractivity contribution is 0.0746. The van der Waals surface area contributed by atoms with Gasteiger partial charge in [-0.15, -0.1) is 0 Å². The van der Waals surface area contributed by atoms with Gasteiger partial charge in [-0.05, 0) is 56.0 Å². The molecule has 3 heterocycles. The second kappa shape index (κ2) is 7.59. The van der Waals surface area contributed by atoms with Crippen molar-refractivity contribution in [2.24, 2.45) is 0 Å². The summed E-state index contributed by atoms with van der Waals surface area (Å²) in [7, 11) is 0. The van der Waals surface area contributed by atoms with E-state index in [1.165, 1.54) is 29.7 Å². The third kappa shape index (κ3) is 3.64. The van der Waals surface area contributed by atoms with Crippen molar-refractivity contribution in [3.63, 3.8) is 0 Å². The molecule has 1 aromatic carbocycles. The minimum absolute atomic E-state index is 0.124. The maximum absolute atomic E-state index is 13.0. The van der Waals surface area contributed by atoms with E-state index < -0.39 is 0 Å². The molecule has 1 aromatic heterocycles. The number of benzene rings is 1. The highest BCUT2D eigenvalue weighted by atomic mass is 16.2. The molecule has 27 heavy (non-hydrogen) atoms. The fourth-order valence-electron chi connectivity index (χ4n) is 4.08. The fraction of sp³-hybridized carbons (Fsp3) is 0.455. The topological polar surface area (TPSA) is 39.7 Å². The molecule has 0 spiro atoms. The lowest BCUT2D eigenvalue weighted by Crippen LogP contribution is -2.49. The number of hydrogen-bond donors (Lipinski definition) is 0. The second-order valence-corrected chi connectivity index (χ2v) is 7.60. The summed E-state index contributed by atoms with van der Waals surface area (Å²) >= 11 is 0. The highest BCUT2D eigenvalue weighted by Crippen LogP contribution is 2.25. The summed E-state index contributed by atoms with van der Waals surface area (Å²) in [4.78, 5) is 24.1. The summed E-state index contributed by atoms with van der Waals surface area (Å²) in [6.07, 6.45) is 4.19. The molecule has 142 valence electrons. The number of pyridine rings is 1. The SMILES string of the molecule is Cc1cccc(N2CCN(C(=O)c3ccnc(N4CCCC4)c3)CC2)c1C. The van der Waals surface area contributed by atoms with E-state index in [-0.39, 0.29) is 5.91 Å². The first-order valence-corrected chi connectivity index (χ1v) is 9.95. The van der Waals surface area contributed by atoms with Gasteiger partial charge in [0.2, 0.25) is 0 Å². The van der Waals surface area contributed by atoms with E-state index in [1.54, 1.807) is 6.20 Å². The van der Waals surface area contributed by atoms with E-state index in [0.717, 1.165) is 50.6 Å². The van der Waals surface area contributed by atoms with Crippen molar-refractivity contribution in [2.75, 3.05) is 49.1 Å². The van der Waals surface area contributed by atoms with Gasteiger partial charge in [0.1, 0.15) is 5.82 Å². The summed E-state index contributed by atoms with van der Waals surface area (Å²) in [5.41, 5.74) is 4.70.